The molecule has 3 rings (SSSR count). The molecule has 3 nitrogen and oxygen atoms in total. The molecular weight excluding hydrogens is 260 g/mol. The lowest BCUT2D eigenvalue weighted by Gasteiger charge is -2.39. The Bertz CT molecular complexity index is 490. The number of nitrogens with zero attached hydrogens (tertiary/aromatic N) is 2. The molecule has 0 saturated carbocycles. The van der Waals surface area contributed by atoms with E-state index in [0.717, 1.165) is 6.54 Å². The predicted molar refractivity (Wildman–Crippen MR) is 88.1 cm³/mol. The monoisotopic (exact) mass is 286 g/mol. The number of benzene rings is 1. The van der Waals surface area contributed by atoms with Crippen LogP contribution in [0.4, 0.5) is 11.4 Å². The van der Waals surface area contributed by atoms with Gasteiger partial charge in [0.2, 0.25) is 0 Å². The second-order valence-corrected chi connectivity index (χ2v) is 6.50. The van der Waals surface area contributed by atoms with Crippen LogP contribution in [0, 0.1) is 5.92 Å². The summed E-state index contributed by atoms with van der Waals surface area (Å²) < 4.78 is 0. The zero-order chi connectivity index (χ0) is 14.8. The van der Waals surface area contributed by atoms with Gasteiger partial charge in [-0.05, 0) is 50.5 Å². The second-order valence-electron chi connectivity index (χ2n) is 6.50. The minimum atomic E-state index is 0.139. The lowest BCUT2D eigenvalue weighted by Crippen LogP contribution is -2.46. The van der Waals surface area contributed by atoms with Gasteiger partial charge in [-0.25, -0.2) is 0 Å². The van der Waals surface area contributed by atoms with Crippen LogP contribution in [0.2, 0.25) is 0 Å². The number of carbonyl (C=O) groups is 1. The predicted octanol–water partition coefficient (Wildman–Crippen LogP) is 3.48. The van der Waals surface area contributed by atoms with Crippen molar-refractivity contribution in [3.63, 3.8) is 0 Å². The van der Waals surface area contributed by atoms with Gasteiger partial charge in [0.25, 0.3) is 0 Å². The normalized spacial score (nSPS) is 27.0. The SMILES string of the molecule is CC1C(=O)CCN(c2ccc(N3CCCCC3)cc2)C1C. The molecule has 2 heterocycles. The Morgan fingerprint density at radius 1 is 0.905 bits per heavy atom. The molecule has 2 aliphatic heterocycles. The van der Waals surface area contributed by atoms with Crippen molar-refractivity contribution in [3.05, 3.63) is 24.3 Å². The quantitative estimate of drug-likeness (QED) is 0.831. The number of hydrogen-bond donors (Lipinski definition) is 0. The van der Waals surface area contributed by atoms with Crippen molar-refractivity contribution in [2.24, 2.45) is 5.92 Å². The Labute approximate surface area is 127 Å². The number of anilines is 2. The molecule has 0 aromatic heterocycles. The maximum Gasteiger partial charge on any atom is 0.139 e. The molecule has 3 heteroatoms. The summed E-state index contributed by atoms with van der Waals surface area (Å²) in [6, 6.07) is 9.24. The summed E-state index contributed by atoms with van der Waals surface area (Å²) in [6.07, 6.45) is 4.67. The van der Waals surface area contributed by atoms with E-state index in [0.29, 0.717) is 18.2 Å². The highest BCUT2D eigenvalue weighted by Gasteiger charge is 2.30. The minimum Gasteiger partial charge on any atom is -0.372 e. The topological polar surface area (TPSA) is 23.6 Å². The standard InChI is InChI=1S/C18H26N2O/c1-14-15(2)20(13-10-18(14)21)17-8-6-16(7-9-17)19-11-4-3-5-12-19/h6-9,14-15H,3-5,10-13H2,1-2H3. The van der Waals surface area contributed by atoms with Crippen LogP contribution in [0.5, 0.6) is 0 Å². The Hall–Kier alpha value is -1.51. The molecule has 114 valence electrons. The molecule has 2 unspecified atom stereocenters. The van der Waals surface area contributed by atoms with Gasteiger partial charge in [-0.3, -0.25) is 4.79 Å². The number of carbonyl (C=O) groups excluding carboxylic acids is 1. The maximum atomic E-state index is 11.8. The van der Waals surface area contributed by atoms with Crippen LogP contribution in [-0.2, 0) is 4.79 Å². The van der Waals surface area contributed by atoms with Crippen LogP contribution < -0.4 is 9.80 Å². The molecule has 0 spiro atoms. The number of rotatable bonds is 2. The molecular formula is C18H26N2O. The van der Waals surface area contributed by atoms with E-state index in [2.05, 4.69) is 47.9 Å². The molecule has 0 N–H and O–H groups in total. The van der Waals surface area contributed by atoms with Gasteiger partial charge in [0.15, 0.2) is 0 Å². The molecule has 2 saturated heterocycles. The van der Waals surface area contributed by atoms with E-state index in [4.69, 9.17) is 0 Å². The van der Waals surface area contributed by atoms with Gasteiger partial charge in [0, 0.05) is 49.4 Å². The zero-order valence-electron chi connectivity index (χ0n) is 13.2. The summed E-state index contributed by atoms with van der Waals surface area (Å²) in [4.78, 5) is 16.7. The molecule has 2 fully saturated rings. The highest BCUT2D eigenvalue weighted by atomic mass is 16.1. The lowest BCUT2D eigenvalue weighted by atomic mass is 9.90. The van der Waals surface area contributed by atoms with Crippen LogP contribution in [0.25, 0.3) is 0 Å². The van der Waals surface area contributed by atoms with E-state index >= 15 is 0 Å². The Balaban J connectivity index is 1.73. The van der Waals surface area contributed by atoms with Crippen LogP contribution >= 0.6 is 0 Å². The summed E-state index contributed by atoms with van der Waals surface area (Å²) in [5.74, 6) is 0.546. The number of piperidine rings is 2. The van der Waals surface area contributed by atoms with Gasteiger partial charge in [0.05, 0.1) is 0 Å². The van der Waals surface area contributed by atoms with Gasteiger partial charge in [-0.1, -0.05) is 6.92 Å². The first-order chi connectivity index (χ1) is 10.2. The fraction of sp³-hybridized carbons (Fsp3) is 0.611. The summed E-state index contributed by atoms with van der Waals surface area (Å²) in [7, 11) is 0. The van der Waals surface area contributed by atoms with E-state index in [1.165, 1.54) is 43.7 Å². The average Bonchev–Trinajstić information content (AvgIpc) is 2.54. The first-order valence-electron chi connectivity index (χ1n) is 8.31. The first kappa shape index (κ1) is 14.4. The van der Waals surface area contributed by atoms with Gasteiger partial charge in [0.1, 0.15) is 5.78 Å². The lowest BCUT2D eigenvalue weighted by molar-refractivity contribution is -0.123. The molecule has 21 heavy (non-hydrogen) atoms. The van der Waals surface area contributed by atoms with E-state index in [9.17, 15) is 4.79 Å². The maximum absolute atomic E-state index is 11.8. The number of Topliss-reactive ketones (excluding diaryl/α,β-unsaturated/α-hetero) is 1. The minimum absolute atomic E-state index is 0.139. The van der Waals surface area contributed by atoms with E-state index in [-0.39, 0.29) is 5.92 Å². The van der Waals surface area contributed by atoms with Crippen LogP contribution in [0.1, 0.15) is 39.5 Å². The first-order valence-corrected chi connectivity index (χ1v) is 8.31. The molecule has 1 aromatic rings. The average molecular weight is 286 g/mol. The van der Waals surface area contributed by atoms with Crippen molar-refractivity contribution in [1.29, 1.82) is 0 Å². The smallest absolute Gasteiger partial charge is 0.139 e. The largest absolute Gasteiger partial charge is 0.372 e. The zero-order valence-corrected chi connectivity index (χ0v) is 13.2. The second kappa shape index (κ2) is 6.08. The van der Waals surface area contributed by atoms with Gasteiger partial charge in [-0.15, -0.1) is 0 Å². The van der Waals surface area contributed by atoms with Gasteiger partial charge >= 0.3 is 0 Å². The molecule has 0 bridgehead atoms. The molecule has 2 atom stereocenters. The van der Waals surface area contributed by atoms with E-state index in [1.54, 1.807) is 0 Å². The molecule has 0 amide bonds. The van der Waals surface area contributed by atoms with Crippen molar-refractivity contribution in [2.75, 3.05) is 29.4 Å². The van der Waals surface area contributed by atoms with Gasteiger partial charge in [-0.2, -0.15) is 0 Å². The highest BCUT2D eigenvalue weighted by Crippen LogP contribution is 2.29. The van der Waals surface area contributed by atoms with Crippen LogP contribution in [0.15, 0.2) is 24.3 Å². The van der Waals surface area contributed by atoms with E-state index in [1.807, 2.05) is 0 Å². The summed E-state index contributed by atoms with van der Waals surface area (Å²) in [6.45, 7) is 7.45. The Kier molecular flexibility index (Phi) is 4.18. The number of hydrogen-bond acceptors (Lipinski definition) is 3. The molecule has 0 aliphatic carbocycles. The summed E-state index contributed by atoms with van der Waals surface area (Å²) >= 11 is 0. The van der Waals surface area contributed by atoms with E-state index < -0.39 is 0 Å². The summed E-state index contributed by atoms with van der Waals surface area (Å²) in [5, 5.41) is 0. The molecule has 1 aromatic carbocycles. The Morgan fingerprint density at radius 2 is 1.52 bits per heavy atom. The molecule has 2 aliphatic rings. The van der Waals surface area contributed by atoms with Crippen LogP contribution in [0.3, 0.4) is 0 Å². The van der Waals surface area contributed by atoms with Crippen molar-refractivity contribution >= 4 is 17.2 Å². The Morgan fingerprint density at radius 3 is 2.19 bits per heavy atom. The fourth-order valence-electron chi connectivity index (χ4n) is 3.57. The summed E-state index contributed by atoms with van der Waals surface area (Å²) in [5.41, 5.74) is 2.59. The highest BCUT2D eigenvalue weighted by molar-refractivity contribution is 5.84. The third-order valence-corrected chi connectivity index (χ3v) is 5.22. The van der Waals surface area contributed by atoms with Crippen molar-refractivity contribution < 1.29 is 4.79 Å². The van der Waals surface area contributed by atoms with Crippen molar-refractivity contribution in [2.45, 2.75) is 45.6 Å². The third kappa shape index (κ3) is 2.92. The fourth-order valence-corrected chi connectivity index (χ4v) is 3.57. The number of ketones is 1. The third-order valence-electron chi connectivity index (χ3n) is 5.22. The van der Waals surface area contributed by atoms with Crippen molar-refractivity contribution in [1.82, 2.24) is 0 Å². The van der Waals surface area contributed by atoms with Crippen molar-refractivity contribution in [3.8, 4) is 0 Å². The van der Waals surface area contributed by atoms with Gasteiger partial charge < -0.3 is 9.80 Å². The molecule has 0 radical (unpaired) electrons. The van der Waals surface area contributed by atoms with Crippen LogP contribution in [-0.4, -0.2) is 31.5 Å².